The van der Waals surface area contributed by atoms with E-state index in [1.807, 2.05) is 0 Å². The summed E-state index contributed by atoms with van der Waals surface area (Å²) in [6.07, 6.45) is -16.6. The number of hydrogen-bond donors (Lipinski definition) is 5. The van der Waals surface area contributed by atoms with Crippen molar-refractivity contribution in [3.63, 3.8) is 0 Å². The second-order valence-electron chi connectivity index (χ2n) is 10.2. The normalized spacial score (nSPS) is 39.4. The minimum Gasteiger partial charge on any atom is -0.479 e. The second-order valence-corrected chi connectivity index (χ2v) is 10.2. The quantitative estimate of drug-likeness (QED) is 0.283. The van der Waals surface area contributed by atoms with Crippen LogP contribution in [0.4, 0.5) is 0 Å². The zero-order chi connectivity index (χ0) is 26.1. The van der Waals surface area contributed by atoms with Gasteiger partial charge in [-0.15, -0.1) is 0 Å². The van der Waals surface area contributed by atoms with Crippen LogP contribution >= 0.6 is 0 Å². The topological polar surface area (TPSA) is 181 Å². The highest BCUT2D eigenvalue weighted by Crippen LogP contribution is 2.33. The summed E-state index contributed by atoms with van der Waals surface area (Å²) in [4.78, 5) is 24.7. The van der Waals surface area contributed by atoms with Crippen molar-refractivity contribution < 1.29 is 58.8 Å². The number of carbonyl (C=O) groups excluding carboxylic acids is 1. The first-order valence-electron chi connectivity index (χ1n) is 11.3. The monoisotopic (exact) mass is 494 g/mol. The van der Waals surface area contributed by atoms with Crippen LogP contribution in [0.15, 0.2) is 0 Å². The van der Waals surface area contributed by atoms with E-state index in [2.05, 4.69) is 0 Å². The van der Waals surface area contributed by atoms with Gasteiger partial charge in [-0.25, -0.2) is 4.79 Å². The highest BCUT2D eigenvalue weighted by Gasteiger charge is 2.55. The third-order valence-corrected chi connectivity index (χ3v) is 5.37. The molecule has 2 rings (SSSR count). The molecule has 10 atom stereocenters. The number of hydrogen-bond acceptors (Lipinski definition) is 11. The number of aliphatic hydroxyl groups is 4. The van der Waals surface area contributed by atoms with E-state index in [9.17, 15) is 35.1 Å². The molecular weight excluding hydrogens is 456 g/mol. The Morgan fingerprint density at radius 2 is 1.29 bits per heavy atom. The minimum atomic E-state index is -1.81. The molecule has 2 saturated heterocycles. The van der Waals surface area contributed by atoms with Gasteiger partial charge in [0.15, 0.2) is 24.5 Å². The van der Waals surface area contributed by atoms with Crippen molar-refractivity contribution >= 4 is 11.8 Å². The van der Waals surface area contributed by atoms with E-state index >= 15 is 0 Å². The molecule has 34 heavy (non-hydrogen) atoms. The summed E-state index contributed by atoms with van der Waals surface area (Å²) >= 11 is 0. The first-order chi connectivity index (χ1) is 15.5. The van der Waals surface area contributed by atoms with E-state index in [0.29, 0.717) is 0 Å². The van der Waals surface area contributed by atoms with Gasteiger partial charge in [0.2, 0.25) is 0 Å². The van der Waals surface area contributed by atoms with E-state index < -0.39 is 90.8 Å². The molecule has 2 fully saturated rings. The third-order valence-electron chi connectivity index (χ3n) is 5.37. The number of ketones is 1. The maximum Gasteiger partial charge on any atom is 0.335 e. The summed E-state index contributed by atoms with van der Waals surface area (Å²) in [5, 5.41) is 52.0. The Bertz CT molecular complexity index is 704. The smallest absolute Gasteiger partial charge is 0.335 e. The lowest BCUT2D eigenvalue weighted by Gasteiger charge is -2.47. The number of ether oxygens (including phenoxy) is 5. The first kappa shape index (κ1) is 29.0. The molecule has 0 saturated carbocycles. The van der Waals surface area contributed by atoms with Crippen LogP contribution in [0.25, 0.3) is 0 Å². The lowest BCUT2D eigenvalue weighted by molar-refractivity contribution is -0.356. The Balaban J connectivity index is 2.31. The van der Waals surface area contributed by atoms with Crippen molar-refractivity contribution in [1.82, 2.24) is 0 Å². The highest BCUT2D eigenvalue weighted by atomic mass is 16.7. The average Bonchev–Trinajstić information content (AvgIpc) is 2.70. The molecule has 4 unspecified atom stereocenters. The largest absolute Gasteiger partial charge is 0.479 e. The maximum absolute atomic E-state index is 12.8. The predicted molar refractivity (Wildman–Crippen MR) is 115 cm³/mol. The van der Waals surface area contributed by atoms with Gasteiger partial charge in [-0.05, 0) is 34.6 Å². The van der Waals surface area contributed by atoms with Crippen molar-refractivity contribution in [3.05, 3.63) is 0 Å². The second kappa shape index (κ2) is 11.2. The SMILES string of the molecule is CC(C)O[C@@H]1O[C@@H](C(=O)O)[C@@H](O[C@@H]2OC(C(=O)C(C)C)[C@@H](OC(C)(C)C)C(O)[C@H]2O)C(O)C1O. The number of aliphatic carboxylic acids is 1. The Hall–Kier alpha value is -1.22. The number of Topliss-reactive ketones (excluding diaryl/α,β-unsaturated/α-hetero) is 1. The molecule has 0 aromatic heterocycles. The molecule has 0 aromatic carbocycles. The summed E-state index contributed by atoms with van der Waals surface area (Å²) in [5.41, 5.74) is -0.796. The molecule has 12 nitrogen and oxygen atoms in total. The number of rotatable bonds is 8. The molecule has 5 N–H and O–H groups in total. The summed E-state index contributed by atoms with van der Waals surface area (Å²) in [7, 11) is 0. The van der Waals surface area contributed by atoms with Gasteiger partial charge in [0, 0.05) is 5.92 Å². The summed E-state index contributed by atoms with van der Waals surface area (Å²) in [5.74, 6) is -2.48. The standard InChI is InChI=1S/C22H38O12/c1-8(2)10(23)15-17(34-22(5,6)7)12(25)14(27)21(31-15)32-16-11(24)13(26)20(30-9(3)4)33-18(16)19(28)29/h8-9,11-18,20-21,24-27H,1-7H3,(H,28,29)/t11?,12?,13?,14-,15?,16+,17+,18-,20-,21+/m1/s1. The van der Waals surface area contributed by atoms with Gasteiger partial charge in [0.1, 0.15) is 42.7 Å². The van der Waals surface area contributed by atoms with Crippen molar-refractivity contribution in [1.29, 1.82) is 0 Å². The molecule has 2 aliphatic heterocycles. The molecule has 0 aliphatic carbocycles. The maximum atomic E-state index is 12.8. The van der Waals surface area contributed by atoms with Crippen LogP contribution in [-0.2, 0) is 33.3 Å². The fraction of sp³-hybridized carbons (Fsp3) is 0.909. The minimum absolute atomic E-state index is 0.436. The predicted octanol–water partition coefficient (Wildman–Crippen LogP) is -0.817. The van der Waals surface area contributed by atoms with E-state index in [-0.39, 0.29) is 0 Å². The molecule has 2 heterocycles. The molecule has 2 aliphatic rings. The van der Waals surface area contributed by atoms with Crippen LogP contribution in [0.5, 0.6) is 0 Å². The van der Waals surface area contributed by atoms with E-state index in [1.54, 1.807) is 48.5 Å². The lowest BCUT2D eigenvalue weighted by atomic mass is 9.90. The van der Waals surface area contributed by atoms with Gasteiger partial charge in [0.05, 0.1) is 11.7 Å². The zero-order valence-electron chi connectivity index (χ0n) is 20.5. The van der Waals surface area contributed by atoms with Crippen molar-refractivity contribution in [2.75, 3.05) is 0 Å². The third kappa shape index (κ3) is 6.71. The highest BCUT2D eigenvalue weighted by molar-refractivity contribution is 5.85. The van der Waals surface area contributed by atoms with Crippen LogP contribution in [0, 0.1) is 5.92 Å². The van der Waals surface area contributed by atoms with Crippen LogP contribution in [0.2, 0.25) is 0 Å². The van der Waals surface area contributed by atoms with E-state index in [0.717, 1.165) is 0 Å². The van der Waals surface area contributed by atoms with E-state index in [1.165, 1.54) is 0 Å². The van der Waals surface area contributed by atoms with Crippen molar-refractivity contribution in [2.45, 2.75) is 122 Å². The Kier molecular flexibility index (Phi) is 9.58. The van der Waals surface area contributed by atoms with Crippen LogP contribution in [-0.4, -0.2) is 110 Å². The fourth-order valence-electron chi connectivity index (χ4n) is 3.77. The summed E-state index contributed by atoms with van der Waals surface area (Å²) < 4.78 is 27.7. The van der Waals surface area contributed by atoms with Crippen LogP contribution in [0.1, 0.15) is 48.5 Å². The van der Waals surface area contributed by atoms with Crippen molar-refractivity contribution in [2.24, 2.45) is 5.92 Å². The Morgan fingerprint density at radius 1 is 0.794 bits per heavy atom. The van der Waals surface area contributed by atoms with E-state index in [4.69, 9.17) is 23.7 Å². The molecule has 0 spiro atoms. The molecule has 0 aromatic rings. The van der Waals surface area contributed by atoms with Gasteiger partial charge < -0.3 is 49.2 Å². The fourth-order valence-corrected chi connectivity index (χ4v) is 3.77. The summed E-state index contributed by atoms with van der Waals surface area (Å²) in [6, 6.07) is 0. The molecule has 0 bridgehead atoms. The van der Waals surface area contributed by atoms with Gasteiger partial charge in [-0.1, -0.05) is 13.8 Å². The first-order valence-corrected chi connectivity index (χ1v) is 11.3. The summed E-state index contributed by atoms with van der Waals surface area (Å²) in [6.45, 7) is 11.6. The van der Waals surface area contributed by atoms with Crippen LogP contribution in [0.3, 0.4) is 0 Å². The van der Waals surface area contributed by atoms with Gasteiger partial charge in [0.25, 0.3) is 0 Å². The van der Waals surface area contributed by atoms with Gasteiger partial charge in [-0.2, -0.15) is 0 Å². The molecule has 0 amide bonds. The number of carboxylic acid groups (broad SMARTS) is 1. The number of aliphatic hydroxyl groups excluding tert-OH is 4. The zero-order valence-corrected chi connectivity index (χ0v) is 20.5. The molecule has 198 valence electrons. The van der Waals surface area contributed by atoms with Gasteiger partial charge >= 0.3 is 5.97 Å². The average molecular weight is 495 g/mol. The number of carbonyl (C=O) groups is 2. The molecular formula is C22H38O12. The molecule has 0 radical (unpaired) electrons. The van der Waals surface area contributed by atoms with Gasteiger partial charge in [-0.3, -0.25) is 4.79 Å². The van der Waals surface area contributed by atoms with Crippen LogP contribution < -0.4 is 0 Å². The molecule has 12 heteroatoms. The Morgan fingerprint density at radius 3 is 1.76 bits per heavy atom. The number of carboxylic acids is 1. The van der Waals surface area contributed by atoms with Crippen molar-refractivity contribution in [3.8, 4) is 0 Å². The lowest BCUT2D eigenvalue weighted by Crippen LogP contribution is -2.66. The Labute approximate surface area is 198 Å².